The van der Waals surface area contributed by atoms with E-state index < -0.39 is 5.60 Å². The minimum atomic E-state index is -0.636. The standard InChI is InChI=1S/C17H28O3/c1-11-14-10-13(16(3,4)19)6-8-17(14,5)9-7-15(11)20-12(2)18/h13,15,19H,6-10H2,1-5H3/t13-,15?,17-/m1/s1. The number of carbonyl (C=O) groups excluding carboxylic acids is 1. The Balaban J connectivity index is 2.28. The van der Waals surface area contributed by atoms with Crippen LogP contribution in [0.25, 0.3) is 0 Å². The maximum absolute atomic E-state index is 11.2. The molecular formula is C17H28O3. The molecule has 0 radical (unpaired) electrons. The van der Waals surface area contributed by atoms with Gasteiger partial charge in [-0.05, 0) is 69.8 Å². The molecule has 0 heterocycles. The van der Waals surface area contributed by atoms with Gasteiger partial charge in [0, 0.05) is 6.92 Å². The monoisotopic (exact) mass is 280 g/mol. The maximum Gasteiger partial charge on any atom is 0.303 e. The predicted octanol–water partition coefficient (Wildman–Crippen LogP) is 3.61. The fourth-order valence-corrected chi connectivity index (χ4v) is 3.96. The summed E-state index contributed by atoms with van der Waals surface area (Å²) in [5.41, 5.74) is 2.25. The normalized spacial score (nSPS) is 34.7. The quantitative estimate of drug-likeness (QED) is 0.621. The summed E-state index contributed by atoms with van der Waals surface area (Å²) in [5, 5.41) is 10.3. The summed E-state index contributed by atoms with van der Waals surface area (Å²) >= 11 is 0. The van der Waals surface area contributed by atoms with Crippen molar-refractivity contribution in [2.75, 3.05) is 0 Å². The molecule has 2 rings (SSSR count). The molecule has 0 aliphatic heterocycles. The summed E-state index contributed by atoms with van der Waals surface area (Å²) < 4.78 is 5.46. The number of ether oxygens (including phenoxy) is 1. The van der Waals surface area contributed by atoms with E-state index in [0.717, 1.165) is 32.1 Å². The molecule has 0 bridgehead atoms. The number of carbonyl (C=O) groups is 1. The molecule has 114 valence electrons. The van der Waals surface area contributed by atoms with E-state index in [0.29, 0.717) is 5.92 Å². The van der Waals surface area contributed by atoms with E-state index >= 15 is 0 Å². The van der Waals surface area contributed by atoms with Crippen molar-refractivity contribution in [1.82, 2.24) is 0 Å². The summed E-state index contributed by atoms with van der Waals surface area (Å²) in [4.78, 5) is 11.2. The Morgan fingerprint density at radius 2 is 1.95 bits per heavy atom. The second kappa shape index (κ2) is 5.18. The van der Waals surface area contributed by atoms with E-state index in [1.807, 2.05) is 13.8 Å². The van der Waals surface area contributed by atoms with Gasteiger partial charge in [-0.25, -0.2) is 0 Å². The highest BCUT2D eigenvalue weighted by molar-refractivity contribution is 5.66. The summed E-state index contributed by atoms with van der Waals surface area (Å²) in [5.74, 6) is 0.102. The van der Waals surface area contributed by atoms with Gasteiger partial charge in [0.25, 0.3) is 0 Å². The molecule has 3 nitrogen and oxygen atoms in total. The molecule has 0 aromatic heterocycles. The van der Waals surface area contributed by atoms with Crippen LogP contribution >= 0.6 is 0 Å². The zero-order valence-corrected chi connectivity index (χ0v) is 13.5. The first-order valence-electron chi connectivity index (χ1n) is 7.73. The zero-order chi connectivity index (χ0) is 15.1. The van der Waals surface area contributed by atoms with Crippen LogP contribution in [-0.2, 0) is 9.53 Å². The van der Waals surface area contributed by atoms with E-state index in [4.69, 9.17) is 4.74 Å². The lowest BCUT2D eigenvalue weighted by molar-refractivity contribution is -0.145. The highest BCUT2D eigenvalue weighted by atomic mass is 16.5. The number of aliphatic hydroxyl groups is 1. The smallest absolute Gasteiger partial charge is 0.303 e. The van der Waals surface area contributed by atoms with E-state index in [2.05, 4.69) is 13.8 Å². The van der Waals surface area contributed by atoms with Gasteiger partial charge in [0.2, 0.25) is 0 Å². The van der Waals surface area contributed by atoms with Crippen molar-refractivity contribution >= 4 is 5.97 Å². The lowest BCUT2D eigenvalue weighted by Crippen LogP contribution is -2.41. The Bertz CT molecular complexity index is 430. The van der Waals surface area contributed by atoms with Crippen molar-refractivity contribution in [3.8, 4) is 0 Å². The van der Waals surface area contributed by atoms with Gasteiger partial charge in [0.1, 0.15) is 6.10 Å². The van der Waals surface area contributed by atoms with E-state index in [-0.39, 0.29) is 17.5 Å². The van der Waals surface area contributed by atoms with Gasteiger partial charge in [0.15, 0.2) is 0 Å². The maximum atomic E-state index is 11.2. The van der Waals surface area contributed by atoms with Gasteiger partial charge >= 0.3 is 5.97 Å². The molecular weight excluding hydrogens is 252 g/mol. The molecule has 1 saturated carbocycles. The Morgan fingerprint density at radius 3 is 2.50 bits per heavy atom. The van der Waals surface area contributed by atoms with Gasteiger partial charge < -0.3 is 9.84 Å². The molecule has 0 aromatic rings. The number of fused-ring (bicyclic) bond motifs is 1. The van der Waals surface area contributed by atoms with Gasteiger partial charge in [0.05, 0.1) is 5.60 Å². The predicted molar refractivity (Wildman–Crippen MR) is 79.2 cm³/mol. The first-order valence-corrected chi connectivity index (χ1v) is 7.73. The minimum absolute atomic E-state index is 0.0591. The van der Waals surface area contributed by atoms with E-state index in [9.17, 15) is 9.90 Å². The molecule has 0 amide bonds. The van der Waals surface area contributed by atoms with Crippen LogP contribution in [0.15, 0.2) is 11.1 Å². The van der Waals surface area contributed by atoms with Crippen LogP contribution in [0.1, 0.15) is 66.7 Å². The van der Waals surface area contributed by atoms with E-state index in [1.54, 1.807) is 0 Å². The Morgan fingerprint density at radius 1 is 1.35 bits per heavy atom. The van der Waals surface area contributed by atoms with Crippen LogP contribution < -0.4 is 0 Å². The third-order valence-corrected chi connectivity index (χ3v) is 5.45. The van der Waals surface area contributed by atoms with Crippen molar-refractivity contribution in [3.63, 3.8) is 0 Å². The third kappa shape index (κ3) is 2.93. The molecule has 0 spiro atoms. The Hall–Kier alpha value is -0.830. The molecule has 1 N–H and O–H groups in total. The molecule has 0 aromatic carbocycles. The molecule has 1 fully saturated rings. The van der Waals surface area contributed by atoms with Crippen LogP contribution in [0.4, 0.5) is 0 Å². The van der Waals surface area contributed by atoms with Crippen LogP contribution in [0.5, 0.6) is 0 Å². The molecule has 20 heavy (non-hydrogen) atoms. The number of hydrogen-bond acceptors (Lipinski definition) is 3. The van der Waals surface area contributed by atoms with Crippen molar-refractivity contribution in [1.29, 1.82) is 0 Å². The average molecular weight is 280 g/mol. The summed E-state index contributed by atoms with van der Waals surface area (Å²) in [6, 6.07) is 0. The second-order valence-electron chi connectivity index (χ2n) is 7.45. The first-order chi connectivity index (χ1) is 9.13. The second-order valence-corrected chi connectivity index (χ2v) is 7.45. The molecule has 2 aliphatic rings. The lowest BCUT2D eigenvalue weighted by atomic mass is 9.59. The number of rotatable bonds is 2. The van der Waals surface area contributed by atoms with Crippen molar-refractivity contribution in [2.24, 2.45) is 11.3 Å². The SMILES string of the molecule is CC(=O)OC1CC[C@@]2(C)CC[C@@H](C(C)(C)O)CC2=C1C. The van der Waals surface area contributed by atoms with Crippen LogP contribution in [0.2, 0.25) is 0 Å². The van der Waals surface area contributed by atoms with E-state index in [1.165, 1.54) is 18.1 Å². The largest absolute Gasteiger partial charge is 0.458 e. The third-order valence-electron chi connectivity index (χ3n) is 5.45. The fourth-order valence-electron chi connectivity index (χ4n) is 3.96. The average Bonchev–Trinajstić information content (AvgIpc) is 2.31. The molecule has 1 unspecified atom stereocenters. The fraction of sp³-hybridized carbons (Fsp3) is 0.824. The Labute approximate surface area is 122 Å². The van der Waals surface area contributed by atoms with Crippen LogP contribution in [0.3, 0.4) is 0 Å². The van der Waals surface area contributed by atoms with Crippen molar-refractivity contribution in [3.05, 3.63) is 11.1 Å². The minimum Gasteiger partial charge on any atom is -0.458 e. The Kier molecular flexibility index (Phi) is 4.03. The lowest BCUT2D eigenvalue weighted by Gasteiger charge is -2.48. The van der Waals surface area contributed by atoms with Gasteiger partial charge in [-0.2, -0.15) is 0 Å². The van der Waals surface area contributed by atoms with Gasteiger partial charge in [-0.3, -0.25) is 4.79 Å². The van der Waals surface area contributed by atoms with Gasteiger partial charge in [-0.1, -0.05) is 12.5 Å². The number of hydrogen-bond donors (Lipinski definition) is 1. The summed E-state index contributed by atoms with van der Waals surface area (Å²) in [6.07, 6.45) is 5.09. The van der Waals surface area contributed by atoms with Crippen LogP contribution in [0, 0.1) is 11.3 Å². The molecule has 3 atom stereocenters. The topological polar surface area (TPSA) is 46.5 Å². The summed E-state index contributed by atoms with van der Waals surface area (Å²) in [6.45, 7) is 9.72. The zero-order valence-electron chi connectivity index (χ0n) is 13.5. The molecule has 0 saturated heterocycles. The number of allylic oxidation sites excluding steroid dienone is 1. The van der Waals surface area contributed by atoms with Crippen molar-refractivity contribution in [2.45, 2.75) is 78.4 Å². The van der Waals surface area contributed by atoms with Gasteiger partial charge in [-0.15, -0.1) is 0 Å². The highest BCUT2D eigenvalue weighted by Gasteiger charge is 2.44. The van der Waals surface area contributed by atoms with Crippen molar-refractivity contribution < 1.29 is 14.6 Å². The molecule has 2 aliphatic carbocycles. The highest BCUT2D eigenvalue weighted by Crippen LogP contribution is 2.53. The first kappa shape index (κ1) is 15.6. The summed E-state index contributed by atoms with van der Waals surface area (Å²) in [7, 11) is 0. The van der Waals surface area contributed by atoms with Crippen LogP contribution in [-0.4, -0.2) is 22.8 Å². The molecule has 3 heteroatoms. The number of esters is 1.